The van der Waals surface area contributed by atoms with Crippen LogP contribution in [0.5, 0.6) is 0 Å². The Kier molecular flexibility index (Phi) is 2.49. The number of hydrogen-bond acceptors (Lipinski definition) is 3. The SMILES string of the molecule is CC(N)C(=O)c1c(Cl)cnn1C. The van der Waals surface area contributed by atoms with Crippen molar-refractivity contribution in [1.29, 1.82) is 0 Å². The Morgan fingerprint density at radius 1 is 1.83 bits per heavy atom. The smallest absolute Gasteiger partial charge is 0.198 e. The molecular formula is C7H10ClN3O. The molecule has 5 heteroatoms. The summed E-state index contributed by atoms with van der Waals surface area (Å²) in [6.45, 7) is 1.62. The molecule has 0 spiro atoms. The van der Waals surface area contributed by atoms with Crippen LogP contribution in [-0.2, 0) is 7.05 Å². The minimum atomic E-state index is -0.544. The van der Waals surface area contributed by atoms with Crippen molar-refractivity contribution in [1.82, 2.24) is 9.78 Å². The molecule has 0 saturated heterocycles. The predicted molar refractivity (Wildman–Crippen MR) is 46.2 cm³/mol. The number of halogens is 1. The molecule has 0 radical (unpaired) electrons. The number of carbonyl (C=O) groups excluding carboxylic acids is 1. The summed E-state index contributed by atoms with van der Waals surface area (Å²) in [7, 11) is 1.65. The van der Waals surface area contributed by atoms with Crippen LogP contribution in [-0.4, -0.2) is 21.6 Å². The van der Waals surface area contributed by atoms with Gasteiger partial charge < -0.3 is 5.73 Å². The zero-order chi connectivity index (χ0) is 9.30. The summed E-state index contributed by atoms with van der Waals surface area (Å²) in [5.74, 6) is -0.194. The molecule has 0 aliphatic heterocycles. The second-order valence-corrected chi connectivity index (χ2v) is 3.02. The Labute approximate surface area is 75.3 Å². The highest BCUT2D eigenvalue weighted by molar-refractivity contribution is 6.33. The van der Waals surface area contributed by atoms with E-state index in [2.05, 4.69) is 5.10 Å². The third-order valence-electron chi connectivity index (χ3n) is 1.54. The fraction of sp³-hybridized carbons (Fsp3) is 0.429. The maximum atomic E-state index is 11.4. The summed E-state index contributed by atoms with van der Waals surface area (Å²) in [4.78, 5) is 11.4. The van der Waals surface area contributed by atoms with Gasteiger partial charge in [0, 0.05) is 7.05 Å². The number of nitrogens with two attached hydrogens (primary N) is 1. The van der Waals surface area contributed by atoms with Gasteiger partial charge in [-0.2, -0.15) is 5.10 Å². The van der Waals surface area contributed by atoms with E-state index in [1.165, 1.54) is 10.9 Å². The topological polar surface area (TPSA) is 60.9 Å². The average Bonchev–Trinajstić information content (AvgIpc) is 2.30. The van der Waals surface area contributed by atoms with E-state index < -0.39 is 6.04 Å². The zero-order valence-corrected chi connectivity index (χ0v) is 7.67. The van der Waals surface area contributed by atoms with E-state index in [9.17, 15) is 4.79 Å². The first-order chi connectivity index (χ1) is 5.54. The van der Waals surface area contributed by atoms with Crippen LogP contribution < -0.4 is 5.73 Å². The summed E-state index contributed by atoms with van der Waals surface area (Å²) in [6.07, 6.45) is 1.43. The van der Waals surface area contributed by atoms with Crippen molar-refractivity contribution in [2.75, 3.05) is 0 Å². The van der Waals surface area contributed by atoms with Crippen LogP contribution in [0.1, 0.15) is 17.4 Å². The molecular weight excluding hydrogens is 178 g/mol. The zero-order valence-electron chi connectivity index (χ0n) is 6.91. The predicted octanol–water partition coefficient (Wildman–Crippen LogP) is 0.603. The Morgan fingerprint density at radius 3 is 2.75 bits per heavy atom. The molecule has 2 N–H and O–H groups in total. The maximum Gasteiger partial charge on any atom is 0.198 e. The van der Waals surface area contributed by atoms with Gasteiger partial charge in [-0.3, -0.25) is 9.48 Å². The van der Waals surface area contributed by atoms with Gasteiger partial charge in [0.25, 0.3) is 0 Å². The molecule has 1 aromatic rings. The van der Waals surface area contributed by atoms with Gasteiger partial charge in [-0.25, -0.2) is 0 Å². The van der Waals surface area contributed by atoms with Crippen LogP contribution in [0, 0.1) is 0 Å². The second-order valence-electron chi connectivity index (χ2n) is 2.62. The number of Topliss-reactive ketones (excluding diaryl/α,β-unsaturated/α-hetero) is 1. The van der Waals surface area contributed by atoms with Crippen molar-refractivity contribution in [3.63, 3.8) is 0 Å². The van der Waals surface area contributed by atoms with Gasteiger partial charge in [0.05, 0.1) is 17.3 Å². The van der Waals surface area contributed by atoms with E-state index in [-0.39, 0.29) is 5.78 Å². The maximum absolute atomic E-state index is 11.4. The standard InChI is InChI=1S/C7H10ClN3O/c1-4(9)7(12)6-5(8)3-10-11(6)2/h3-4H,9H2,1-2H3. The molecule has 4 nitrogen and oxygen atoms in total. The van der Waals surface area contributed by atoms with Crippen molar-refractivity contribution in [2.24, 2.45) is 12.8 Å². The number of aryl methyl sites for hydroxylation is 1. The average molecular weight is 188 g/mol. The minimum absolute atomic E-state index is 0.194. The molecule has 1 aromatic heterocycles. The van der Waals surface area contributed by atoms with Gasteiger partial charge in [0.15, 0.2) is 5.78 Å². The molecule has 0 aromatic carbocycles. The summed E-state index contributed by atoms with van der Waals surface area (Å²) in [5.41, 5.74) is 5.78. The third-order valence-corrected chi connectivity index (χ3v) is 1.82. The van der Waals surface area contributed by atoms with Gasteiger partial charge >= 0.3 is 0 Å². The van der Waals surface area contributed by atoms with E-state index in [4.69, 9.17) is 17.3 Å². The Hall–Kier alpha value is -0.870. The largest absolute Gasteiger partial charge is 0.321 e. The highest BCUT2D eigenvalue weighted by atomic mass is 35.5. The first-order valence-electron chi connectivity index (χ1n) is 3.51. The number of rotatable bonds is 2. The lowest BCUT2D eigenvalue weighted by Crippen LogP contribution is -2.28. The molecule has 0 fully saturated rings. The molecule has 1 atom stereocenters. The number of aromatic nitrogens is 2. The molecule has 1 rings (SSSR count). The van der Waals surface area contributed by atoms with E-state index in [0.29, 0.717) is 10.7 Å². The molecule has 1 heterocycles. The van der Waals surface area contributed by atoms with Crippen molar-refractivity contribution in [3.05, 3.63) is 16.9 Å². The lowest BCUT2D eigenvalue weighted by Gasteiger charge is -2.04. The summed E-state index contributed by atoms with van der Waals surface area (Å²) < 4.78 is 1.42. The van der Waals surface area contributed by atoms with Crippen LogP contribution in [0.2, 0.25) is 5.02 Å². The number of ketones is 1. The molecule has 0 amide bonds. The molecule has 0 aliphatic carbocycles. The fourth-order valence-electron chi connectivity index (χ4n) is 0.904. The molecule has 66 valence electrons. The lowest BCUT2D eigenvalue weighted by molar-refractivity contribution is 0.0959. The summed E-state index contributed by atoms with van der Waals surface area (Å²) >= 11 is 5.72. The molecule has 0 bridgehead atoms. The van der Waals surface area contributed by atoms with Crippen LogP contribution in [0.4, 0.5) is 0 Å². The number of nitrogens with zero attached hydrogens (tertiary/aromatic N) is 2. The Morgan fingerprint density at radius 2 is 2.42 bits per heavy atom. The van der Waals surface area contributed by atoms with E-state index in [0.717, 1.165) is 0 Å². The molecule has 0 aliphatic rings. The van der Waals surface area contributed by atoms with Crippen LogP contribution in [0.25, 0.3) is 0 Å². The van der Waals surface area contributed by atoms with Crippen molar-refractivity contribution < 1.29 is 4.79 Å². The first-order valence-corrected chi connectivity index (χ1v) is 3.89. The number of carbonyl (C=O) groups is 1. The van der Waals surface area contributed by atoms with Gasteiger partial charge in [0.1, 0.15) is 5.69 Å². The van der Waals surface area contributed by atoms with E-state index in [1.807, 2.05) is 0 Å². The van der Waals surface area contributed by atoms with Crippen molar-refractivity contribution in [3.8, 4) is 0 Å². The third kappa shape index (κ3) is 1.49. The van der Waals surface area contributed by atoms with Gasteiger partial charge in [0.2, 0.25) is 0 Å². The van der Waals surface area contributed by atoms with Crippen molar-refractivity contribution in [2.45, 2.75) is 13.0 Å². The minimum Gasteiger partial charge on any atom is -0.321 e. The first kappa shape index (κ1) is 9.22. The van der Waals surface area contributed by atoms with Crippen LogP contribution in [0.15, 0.2) is 6.20 Å². The van der Waals surface area contributed by atoms with Gasteiger partial charge in [-0.05, 0) is 6.92 Å². The fourth-order valence-corrected chi connectivity index (χ4v) is 1.16. The van der Waals surface area contributed by atoms with Crippen molar-refractivity contribution >= 4 is 17.4 Å². The van der Waals surface area contributed by atoms with Gasteiger partial charge in [-0.1, -0.05) is 11.6 Å². The Balaban J connectivity index is 3.09. The number of hydrogen-bond donors (Lipinski definition) is 1. The normalized spacial score (nSPS) is 13.0. The van der Waals surface area contributed by atoms with Crippen LogP contribution >= 0.6 is 11.6 Å². The molecule has 1 unspecified atom stereocenters. The molecule has 12 heavy (non-hydrogen) atoms. The highest BCUT2D eigenvalue weighted by Gasteiger charge is 2.18. The van der Waals surface area contributed by atoms with E-state index in [1.54, 1.807) is 14.0 Å². The van der Waals surface area contributed by atoms with Crippen LogP contribution in [0.3, 0.4) is 0 Å². The summed E-state index contributed by atoms with van der Waals surface area (Å²) in [5, 5.41) is 4.18. The van der Waals surface area contributed by atoms with Gasteiger partial charge in [-0.15, -0.1) is 0 Å². The quantitative estimate of drug-likeness (QED) is 0.690. The monoisotopic (exact) mass is 187 g/mol. The Bertz CT molecular complexity index is 286. The second kappa shape index (κ2) is 3.25. The van der Waals surface area contributed by atoms with E-state index >= 15 is 0 Å². The molecule has 0 saturated carbocycles. The lowest BCUT2D eigenvalue weighted by atomic mass is 10.2. The summed E-state index contributed by atoms with van der Waals surface area (Å²) in [6, 6.07) is -0.544. The highest BCUT2D eigenvalue weighted by Crippen LogP contribution is 2.15.